The highest BCUT2D eigenvalue weighted by molar-refractivity contribution is 7.98. The van der Waals surface area contributed by atoms with Crippen LogP contribution in [-0.4, -0.2) is 39.0 Å². The number of methoxy groups -OCH3 is 1. The highest BCUT2D eigenvalue weighted by atomic mass is 35.5. The number of thioether (sulfide) groups is 1. The van der Waals surface area contributed by atoms with E-state index in [0.29, 0.717) is 27.5 Å². The van der Waals surface area contributed by atoms with Crippen LogP contribution in [-0.2, 0) is 0 Å². The minimum atomic E-state index is -0.292. The Morgan fingerprint density at radius 1 is 1.27 bits per heavy atom. The summed E-state index contributed by atoms with van der Waals surface area (Å²) in [5.41, 5.74) is 0.872. The van der Waals surface area contributed by atoms with Crippen LogP contribution in [0.1, 0.15) is 10.4 Å². The third-order valence-corrected chi connectivity index (χ3v) is 3.91. The van der Waals surface area contributed by atoms with Gasteiger partial charge in [-0.3, -0.25) is 4.79 Å². The molecule has 22 heavy (non-hydrogen) atoms. The highest BCUT2D eigenvalue weighted by Crippen LogP contribution is 2.23. The summed E-state index contributed by atoms with van der Waals surface area (Å²) in [5, 5.41) is 5.40. The molecule has 0 spiro atoms. The van der Waals surface area contributed by atoms with Crippen LogP contribution in [0.3, 0.4) is 0 Å². The number of halogens is 1. The topological polar surface area (TPSA) is 69.9 Å². The maximum Gasteiger partial charge on any atom is 0.280 e. The first-order chi connectivity index (χ1) is 10.6. The summed E-state index contributed by atoms with van der Waals surface area (Å²) in [6.07, 6.45) is 3.33. The van der Waals surface area contributed by atoms with E-state index in [9.17, 15) is 4.79 Å². The van der Waals surface area contributed by atoms with Crippen molar-refractivity contribution in [2.75, 3.05) is 13.4 Å². The average Bonchev–Trinajstić information content (AvgIpc) is 2.98. The van der Waals surface area contributed by atoms with Crippen LogP contribution in [0.4, 0.5) is 0 Å². The zero-order valence-corrected chi connectivity index (χ0v) is 13.4. The van der Waals surface area contributed by atoms with Gasteiger partial charge in [0.05, 0.1) is 18.7 Å². The molecule has 8 heteroatoms. The molecule has 2 aromatic heterocycles. The van der Waals surface area contributed by atoms with Gasteiger partial charge in [0.25, 0.3) is 5.91 Å². The molecule has 0 amide bonds. The van der Waals surface area contributed by atoms with E-state index in [1.54, 1.807) is 31.4 Å². The molecule has 0 unspecified atom stereocenters. The molecule has 3 aromatic rings. The molecule has 0 N–H and O–H groups in total. The van der Waals surface area contributed by atoms with E-state index in [0.717, 1.165) is 0 Å². The molecule has 0 saturated carbocycles. The van der Waals surface area contributed by atoms with E-state index in [1.165, 1.54) is 22.6 Å². The van der Waals surface area contributed by atoms with Gasteiger partial charge < -0.3 is 4.74 Å². The lowest BCUT2D eigenvalue weighted by atomic mass is 10.2. The van der Waals surface area contributed by atoms with Crippen LogP contribution in [0.25, 0.3) is 11.0 Å². The van der Waals surface area contributed by atoms with Crippen molar-refractivity contribution >= 4 is 40.3 Å². The Labute approximate surface area is 135 Å². The summed E-state index contributed by atoms with van der Waals surface area (Å²) in [5.74, 6) is 0.386. The zero-order chi connectivity index (χ0) is 15.7. The lowest BCUT2D eigenvalue weighted by Crippen LogP contribution is -2.14. The van der Waals surface area contributed by atoms with Crippen LogP contribution in [0.5, 0.6) is 5.75 Å². The predicted molar refractivity (Wildman–Crippen MR) is 84.8 cm³/mol. The van der Waals surface area contributed by atoms with E-state index in [2.05, 4.69) is 15.1 Å². The van der Waals surface area contributed by atoms with Crippen LogP contribution < -0.4 is 4.74 Å². The third kappa shape index (κ3) is 2.53. The number of ether oxygens (including phenoxy) is 1. The quantitative estimate of drug-likeness (QED) is 0.417. The largest absolute Gasteiger partial charge is 0.497 e. The van der Waals surface area contributed by atoms with E-state index in [-0.39, 0.29) is 11.1 Å². The normalized spacial score (nSPS) is 10.9. The third-order valence-electron chi connectivity index (χ3n) is 3.07. The van der Waals surface area contributed by atoms with Crippen molar-refractivity contribution in [2.45, 2.75) is 5.16 Å². The summed E-state index contributed by atoms with van der Waals surface area (Å²) in [6.45, 7) is 0. The Bertz CT molecular complexity index is 848. The first-order valence-electron chi connectivity index (χ1n) is 6.28. The van der Waals surface area contributed by atoms with Crippen LogP contribution in [0, 0.1) is 0 Å². The van der Waals surface area contributed by atoms with E-state index in [1.807, 2.05) is 6.26 Å². The number of fused-ring (bicyclic) bond motifs is 1. The SMILES string of the molecule is COc1ccc(C(=O)n2ncc3c(Cl)nc(SC)nc32)cc1. The standard InChI is InChI=1S/C14H11ClN4O2S/c1-21-9-5-3-8(4-6-9)13(20)19-12-10(7-16-19)11(15)17-14(18-12)22-2/h3-7H,1-2H3. The van der Waals surface area contributed by atoms with Gasteiger partial charge in [0.1, 0.15) is 10.9 Å². The van der Waals surface area contributed by atoms with Gasteiger partial charge in [-0.2, -0.15) is 9.78 Å². The molecule has 2 heterocycles. The second kappa shape index (κ2) is 5.94. The lowest BCUT2D eigenvalue weighted by molar-refractivity contribution is 0.0949. The monoisotopic (exact) mass is 334 g/mol. The maximum absolute atomic E-state index is 12.6. The molecule has 0 atom stereocenters. The molecule has 0 aliphatic rings. The fourth-order valence-corrected chi connectivity index (χ4v) is 2.57. The Kier molecular flexibility index (Phi) is 4.00. The van der Waals surface area contributed by atoms with Crippen molar-refractivity contribution in [3.63, 3.8) is 0 Å². The van der Waals surface area contributed by atoms with Crippen LogP contribution in [0.2, 0.25) is 5.15 Å². The van der Waals surface area contributed by atoms with Crippen molar-refractivity contribution in [3.05, 3.63) is 41.2 Å². The van der Waals surface area contributed by atoms with E-state index >= 15 is 0 Å². The van der Waals surface area contributed by atoms with Gasteiger partial charge in [-0.1, -0.05) is 23.4 Å². The number of hydrogen-bond donors (Lipinski definition) is 0. The number of carbonyl (C=O) groups is 1. The Morgan fingerprint density at radius 2 is 2.00 bits per heavy atom. The van der Waals surface area contributed by atoms with Crippen LogP contribution >= 0.6 is 23.4 Å². The second-order valence-electron chi connectivity index (χ2n) is 4.33. The molecule has 0 aliphatic heterocycles. The first kappa shape index (κ1) is 14.8. The van der Waals surface area contributed by atoms with Crippen molar-refractivity contribution in [2.24, 2.45) is 0 Å². The molecular weight excluding hydrogens is 324 g/mol. The van der Waals surface area contributed by atoms with Gasteiger partial charge in [0.2, 0.25) is 0 Å². The summed E-state index contributed by atoms with van der Waals surface area (Å²) < 4.78 is 6.31. The summed E-state index contributed by atoms with van der Waals surface area (Å²) in [6, 6.07) is 6.78. The van der Waals surface area contributed by atoms with Gasteiger partial charge >= 0.3 is 0 Å². The van der Waals surface area contributed by atoms with E-state index < -0.39 is 0 Å². The Morgan fingerprint density at radius 3 is 2.64 bits per heavy atom. The first-order valence-corrected chi connectivity index (χ1v) is 7.88. The highest BCUT2D eigenvalue weighted by Gasteiger charge is 2.17. The van der Waals surface area contributed by atoms with Crippen molar-refractivity contribution < 1.29 is 9.53 Å². The minimum absolute atomic E-state index is 0.281. The van der Waals surface area contributed by atoms with Gasteiger partial charge in [0, 0.05) is 5.56 Å². The molecule has 0 radical (unpaired) electrons. The number of carbonyl (C=O) groups excluding carboxylic acids is 1. The number of hydrogen-bond acceptors (Lipinski definition) is 6. The number of rotatable bonds is 3. The van der Waals surface area contributed by atoms with Gasteiger partial charge in [-0.05, 0) is 30.5 Å². The molecule has 112 valence electrons. The molecule has 0 bridgehead atoms. The second-order valence-corrected chi connectivity index (χ2v) is 5.46. The van der Waals surface area contributed by atoms with E-state index in [4.69, 9.17) is 16.3 Å². The predicted octanol–water partition coefficient (Wildman–Crippen LogP) is 2.90. The maximum atomic E-state index is 12.6. The van der Waals surface area contributed by atoms with Crippen molar-refractivity contribution in [3.8, 4) is 5.75 Å². The molecule has 0 saturated heterocycles. The Hall–Kier alpha value is -2.12. The lowest BCUT2D eigenvalue weighted by Gasteiger charge is -2.04. The molecule has 6 nitrogen and oxygen atoms in total. The number of aromatic nitrogens is 4. The fourth-order valence-electron chi connectivity index (χ4n) is 1.95. The molecular formula is C14H11ClN4O2S. The molecule has 1 aromatic carbocycles. The number of nitrogens with zero attached hydrogens (tertiary/aromatic N) is 4. The Balaban J connectivity index is 2.08. The van der Waals surface area contributed by atoms with Gasteiger partial charge in [-0.15, -0.1) is 0 Å². The van der Waals surface area contributed by atoms with Crippen molar-refractivity contribution in [1.82, 2.24) is 19.7 Å². The van der Waals surface area contributed by atoms with Crippen LogP contribution in [0.15, 0.2) is 35.6 Å². The summed E-state index contributed by atoms with van der Waals surface area (Å²) in [4.78, 5) is 21.0. The molecule has 0 fully saturated rings. The fraction of sp³-hybridized carbons (Fsp3) is 0.143. The van der Waals surface area contributed by atoms with Gasteiger partial charge in [0.15, 0.2) is 10.8 Å². The summed E-state index contributed by atoms with van der Waals surface area (Å²) >= 11 is 7.45. The number of benzene rings is 1. The van der Waals surface area contributed by atoms with Crippen molar-refractivity contribution in [1.29, 1.82) is 0 Å². The molecule has 0 aliphatic carbocycles. The summed E-state index contributed by atoms with van der Waals surface area (Å²) in [7, 11) is 1.57. The zero-order valence-electron chi connectivity index (χ0n) is 11.8. The molecule has 3 rings (SSSR count). The van der Waals surface area contributed by atoms with Gasteiger partial charge in [-0.25, -0.2) is 9.97 Å². The minimum Gasteiger partial charge on any atom is -0.497 e. The smallest absolute Gasteiger partial charge is 0.280 e. The average molecular weight is 335 g/mol.